The second kappa shape index (κ2) is 10.6. The largest absolute Gasteiger partial charge is 0.493 e. The van der Waals surface area contributed by atoms with Gasteiger partial charge in [-0.15, -0.1) is 12.4 Å². The van der Waals surface area contributed by atoms with Crippen LogP contribution in [0.1, 0.15) is 32.3 Å². The summed E-state index contributed by atoms with van der Waals surface area (Å²) >= 11 is 0. The minimum atomic E-state index is -0.423. The summed E-state index contributed by atoms with van der Waals surface area (Å²) in [6, 6.07) is 7.89. The lowest BCUT2D eigenvalue weighted by molar-refractivity contribution is -0.136. The van der Waals surface area contributed by atoms with Crippen LogP contribution in [-0.4, -0.2) is 39.3 Å². The number of halogens is 1. The van der Waals surface area contributed by atoms with E-state index in [0.29, 0.717) is 25.7 Å². The van der Waals surface area contributed by atoms with Crippen molar-refractivity contribution in [3.05, 3.63) is 29.8 Å². The Morgan fingerprint density at radius 1 is 1.28 bits per heavy atom. The highest BCUT2D eigenvalue weighted by atomic mass is 35.5. The molecule has 0 saturated carbocycles. The van der Waals surface area contributed by atoms with Gasteiger partial charge in [0.2, 0.25) is 5.91 Å². The molecule has 0 unspecified atom stereocenters. The molecule has 0 atom stereocenters. The van der Waals surface area contributed by atoms with Crippen LogP contribution in [0.4, 0.5) is 0 Å². The molecule has 1 fully saturated rings. The van der Waals surface area contributed by atoms with Gasteiger partial charge in [0.1, 0.15) is 5.75 Å². The van der Waals surface area contributed by atoms with Gasteiger partial charge in [0.25, 0.3) is 0 Å². The minimum Gasteiger partial charge on any atom is -0.493 e. The van der Waals surface area contributed by atoms with Gasteiger partial charge in [-0.05, 0) is 37.9 Å². The zero-order valence-corrected chi connectivity index (χ0v) is 16.3. The monoisotopic (exact) mass is 370 g/mol. The van der Waals surface area contributed by atoms with Crippen molar-refractivity contribution in [2.75, 3.05) is 33.4 Å². The maximum Gasteiger partial charge on any atom is 0.228 e. The van der Waals surface area contributed by atoms with Crippen molar-refractivity contribution in [1.82, 2.24) is 10.6 Å². The van der Waals surface area contributed by atoms with Crippen molar-refractivity contribution in [2.45, 2.75) is 33.2 Å². The van der Waals surface area contributed by atoms with Crippen LogP contribution in [-0.2, 0) is 16.1 Å². The SMILES string of the molecule is COCC1(C(=O)NCc2ccccc2OCC(C)C)CCNCC1.Cl. The molecule has 1 aromatic rings. The molecule has 5 nitrogen and oxygen atoms in total. The molecule has 1 amide bonds. The van der Waals surface area contributed by atoms with Crippen LogP contribution < -0.4 is 15.4 Å². The molecule has 6 heteroatoms. The number of para-hydroxylation sites is 1. The van der Waals surface area contributed by atoms with E-state index in [2.05, 4.69) is 24.5 Å². The Morgan fingerprint density at radius 2 is 1.96 bits per heavy atom. The number of methoxy groups -OCH3 is 1. The predicted octanol–water partition coefficient (Wildman–Crippen LogP) is 2.78. The highest BCUT2D eigenvalue weighted by Crippen LogP contribution is 2.30. The van der Waals surface area contributed by atoms with E-state index in [4.69, 9.17) is 9.47 Å². The van der Waals surface area contributed by atoms with Crippen LogP contribution >= 0.6 is 12.4 Å². The van der Waals surface area contributed by atoms with Crippen LogP contribution in [0.2, 0.25) is 0 Å². The van der Waals surface area contributed by atoms with Crippen LogP contribution in [0.3, 0.4) is 0 Å². The maximum atomic E-state index is 12.8. The number of piperidine rings is 1. The Bertz CT molecular complexity index is 526. The first-order valence-corrected chi connectivity index (χ1v) is 8.76. The molecule has 0 spiro atoms. The van der Waals surface area contributed by atoms with Crippen molar-refractivity contribution in [3.8, 4) is 5.75 Å². The van der Waals surface area contributed by atoms with Gasteiger partial charge in [-0.2, -0.15) is 0 Å². The first kappa shape index (κ1) is 21.7. The van der Waals surface area contributed by atoms with Gasteiger partial charge in [-0.3, -0.25) is 4.79 Å². The molecule has 1 aromatic carbocycles. The number of hydrogen-bond donors (Lipinski definition) is 2. The molecule has 142 valence electrons. The van der Waals surface area contributed by atoms with Crippen LogP contribution in [0, 0.1) is 11.3 Å². The van der Waals surface area contributed by atoms with E-state index in [1.54, 1.807) is 7.11 Å². The topological polar surface area (TPSA) is 59.6 Å². The molecule has 2 N–H and O–H groups in total. The minimum absolute atomic E-state index is 0. The summed E-state index contributed by atoms with van der Waals surface area (Å²) in [4.78, 5) is 12.8. The predicted molar refractivity (Wildman–Crippen MR) is 102 cm³/mol. The van der Waals surface area contributed by atoms with Gasteiger partial charge in [-0.1, -0.05) is 32.0 Å². The van der Waals surface area contributed by atoms with Crippen LogP contribution in [0.25, 0.3) is 0 Å². The number of ether oxygens (including phenoxy) is 2. The highest BCUT2D eigenvalue weighted by Gasteiger charge is 2.39. The molecule has 0 radical (unpaired) electrons. The van der Waals surface area contributed by atoms with Gasteiger partial charge < -0.3 is 20.1 Å². The fraction of sp³-hybridized carbons (Fsp3) is 0.632. The number of nitrogens with one attached hydrogen (secondary N) is 2. The summed E-state index contributed by atoms with van der Waals surface area (Å²) in [6.45, 7) is 7.56. The molecule has 0 aromatic heterocycles. The van der Waals surface area contributed by atoms with E-state index >= 15 is 0 Å². The molecule has 2 rings (SSSR count). The van der Waals surface area contributed by atoms with E-state index < -0.39 is 5.41 Å². The third kappa shape index (κ3) is 6.17. The van der Waals surface area contributed by atoms with Crippen molar-refractivity contribution in [3.63, 3.8) is 0 Å². The van der Waals surface area contributed by atoms with Gasteiger partial charge in [0.15, 0.2) is 0 Å². The first-order valence-electron chi connectivity index (χ1n) is 8.76. The fourth-order valence-electron chi connectivity index (χ4n) is 3.03. The van der Waals surface area contributed by atoms with Gasteiger partial charge >= 0.3 is 0 Å². The molecule has 0 bridgehead atoms. The van der Waals surface area contributed by atoms with Crippen molar-refractivity contribution < 1.29 is 14.3 Å². The zero-order chi connectivity index (χ0) is 17.4. The second-order valence-electron chi connectivity index (χ2n) is 6.96. The smallest absolute Gasteiger partial charge is 0.228 e. The van der Waals surface area contributed by atoms with E-state index in [1.807, 2.05) is 24.3 Å². The van der Waals surface area contributed by atoms with Crippen molar-refractivity contribution in [2.24, 2.45) is 11.3 Å². The Hall–Kier alpha value is -1.30. The van der Waals surface area contributed by atoms with E-state index in [-0.39, 0.29) is 18.3 Å². The molecular formula is C19H31ClN2O3. The molecule has 25 heavy (non-hydrogen) atoms. The average molecular weight is 371 g/mol. The summed E-state index contributed by atoms with van der Waals surface area (Å²) in [6.07, 6.45) is 1.61. The third-order valence-corrected chi connectivity index (χ3v) is 4.45. The molecule has 1 saturated heterocycles. The Morgan fingerprint density at radius 3 is 2.60 bits per heavy atom. The second-order valence-corrected chi connectivity index (χ2v) is 6.96. The molecule has 0 aliphatic carbocycles. The zero-order valence-electron chi connectivity index (χ0n) is 15.5. The van der Waals surface area contributed by atoms with Crippen molar-refractivity contribution in [1.29, 1.82) is 0 Å². The number of carbonyl (C=O) groups excluding carboxylic acids is 1. The first-order chi connectivity index (χ1) is 11.6. The van der Waals surface area contributed by atoms with Crippen molar-refractivity contribution >= 4 is 18.3 Å². The van der Waals surface area contributed by atoms with E-state index in [9.17, 15) is 4.79 Å². The molecule has 1 heterocycles. The third-order valence-electron chi connectivity index (χ3n) is 4.45. The summed E-state index contributed by atoms with van der Waals surface area (Å²) in [5.74, 6) is 1.38. The normalized spacial score (nSPS) is 16.2. The number of benzene rings is 1. The van der Waals surface area contributed by atoms with Gasteiger partial charge in [0.05, 0.1) is 18.6 Å². The summed E-state index contributed by atoms with van der Waals surface area (Å²) < 4.78 is 11.2. The van der Waals surface area contributed by atoms with Gasteiger partial charge in [-0.25, -0.2) is 0 Å². The lowest BCUT2D eigenvalue weighted by Crippen LogP contribution is -2.50. The molecule has 1 aliphatic rings. The lowest BCUT2D eigenvalue weighted by Gasteiger charge is -2.35. The average Bonchev–Trinajstić information content (AvgIpc) is 2.59. The summed E-state index contributed by atoms with van der Waals surface area (Å²) in [5, 5.41) is 6.40. The number of hydrogen-bond acceptors (Lipinski definition) is 4. The van der Waals surface area contributed by atoms with E-state index in [1.165, 1.54) is 0 Å². The highest BCUT2D eigenvalue weighted by molar-refractivity contribution is 5.85. The van der Waals surface area contributed by atoms with Gasteiger partial charge in [0, 0.05) is 19.2 Å². The fourth-order valence-corrected chi connectivity index (χ4v) is 3.03. The number of amides is 1. The summed E-state index contributed by atoms with van der Waals surface area (Å²) in [5.41, 5.74) is 0.585. The molecule has 1 aliphatic heterocycles. The van der Waals surface area contributed by atoms with E-state index in [0.717, 1.165) is 37.2 Å². The quantitative estimate of drug-likeness (QED) is 0.738. The van der Waals surface area contributed by atoms with Crippen LogP contribution in [0.15, 0.2) is 24.3 Å². The van der Waals surface area contributed by atoms with Crippen LogP contribution in [0.5, 0.6) is 5.75 Å². The Balaban J connectivity index is 0.00000312. The Kier molecular flexibility index (Phi) is 9.25. The lowest BCUT2D eigenvalue weighted by atomic mass is 9.78. The molecular weight excluding hydrogens is 340 g/mol. The Labute approximate surface area is 157 Å². The standard InChI is InChI=1S/C19H30N2O3.ClH/c1-15(2)13-24-17-7-5-4-6-16(17)12-21-18(22)19(14-23-3)8-10-20-11-9-19;/h4-7,15,20H,8-14H2,1-3H3,(H,21,22);1H. The number of rotatable bonds is 8. The summed E-state index contributed by atoms with van der Waals surface area (Å²) in [7, 11) is 1.66. The number of carbonyl (C=O) groups is 1. The maximum absolute atomic E-state index is 12.8.